The van der Waals surface area contributed by atoms with Crippen molar-refractivity contribution in [2.75, 3.05) is 18.2 Å². The Balaban J connectivity index is 2.25. The predicted octanol–water partition coefficient (Wildman–Crippen LogP) is 1.23. The van der Waals surface area contributed by atoms with Crippen molar-refractivity contribution < 1.29 is 9.53 Å². The molecule has 0 saturated heterocycles. The molecule has 104 valence electrons. The molecule has 0 saturated carbocycles. The molecule has 6 heteroatoms. The van der Waals surface area contributed by atoms with Crippen molar-refractivity contribution in [3.05, 3.63) is 52.4 Å². The molecule has 0 spiro atoms. The number of nitrogens with one attached hydrogen (secondary N) is 1. The number of nitrogen functional groups attached to an aromatic ring is 1. The summed E-state index contributed by atoms with van der Waals surface area (Å²) in [6.07, 6.45) is 1.55. The molecule has 0 fully saturated rings. The van der Waals surface area contributed by atoms with Gasteiger partial charge in [-0.2, -0.15) is 0 Å². The van der Waals surface area contributed by atoms with Crippen LogP contribution in [0, 0.1) is 0 Å². The molecule has 1 aromatic heterocycles. The number of amides is 1. The van der Waals surface area contributed by atoms with Gasteiger partial charge in [-0.3, -0.25) is 9.59 Å². The van der Waals surface area contributed by atoms with Crippen LogP contribution in [0.3, 0.4) is 0 Å². The van der Waals surface area contributed by atoms with Gasteiger partial charge in [0.25, 0.3) is 5.91 Å². The molecule has 1 aromatic carbocycles. The summed E-state index contributed by atoms with van der Waals surface area (Å²) in [6, 6.07) is 7.70. The summed E-state index contributed by atoms with van der Waals surface area (Å²) in [5.41, 5.74) is 6.91. The summed E-state index contributed by atoms with van der Waals surface area (Å²) in [5.74, 6) is 0.185. The van der Waals surface area contributed by atoms with Gasteiger partial charge in [-0.05, 0) is 18.2 Å². The molecule has 2 rings (SSSR count). The summed E-state index contributed by atoms with van der Waals surface area (Å²) < 4.78 is 6.45. The van der Waals surface area contributed by atoms with Crippen molar-refractivity contribution in [1.29, 1.82) is 0 Å². The molecule has 0 atom stereocenters. The van der Waals surface area contributed by atoms with E-state index in [0.29, 0.717) is 22.7 Å². The standard InChI is InChI=1S/C14H15N3O3/c1-17-8-11(3-4-13(17)18)16-14(19)9-5-10(15)7-12(6-9)20-2/h3-8H,15H2,1-2H3,(H,16,19). The highest BCUT2D eigenvalue weighted by molar-refractivity contribution is 6.05. The molecular weight excluding hydrogens is 258 g/mol. The van der Waals surface area contributed by atoms with Gasteiger partial charge in [-0.15, -0.1) is 0 Å². The fourth-order valence-corrected chi connectivity index (χ4v) is 1.74. The Morgan fingerprint density at radius 1 is 1.30 bits per heavy atom. The smallest absolute Gasteiger partial charge is 0.255 e. The number of nitrogens with two attached hydrogens (primary N) is 1. The Morgan fingerprint density at radius 3 is 2.70 bits per heavy atom. The van der Waals surface area contributed by atoms with Gasteiger partial charge in [0.15, 0.2) is 0 Å². The summed E-state index contributed by atoms with van der Waals surface area (Å²) in [5, 5.41) is 2.70. The minimum absolute atomic E-state index is 0.145. The van der Waals surface area contributed by atoms with Gasteiger partial charge in [-0.1, -0.05) is 0 Å². The van der Waals surface area contributed by atoms with Crippen LogP contribution in [-0.4, -0.2) is 17.6 Å². The monoisotopic (exact) mass is 273 g/mol. The molecule has 0 aliphatic rings. The van der Waals surface area contributed by atoms with Crippen LogP contribution in [0.5, 0.6) is 5.75 Å². The Kier molecular flexibility index (Phi) is 3.74. The van der Waals surface area contributed by atoms with Crippen LogP contribution in [-0.2, 0) is 7.05 Å². The normalized spacial score (nSPS) is 10.1. The molecule has 0 radical (unpaired) electrons. The van der Waals surface area contributed by atoms with Crippen LogP contribution in [0.4, 0.5) is 11.4 Å². The summed E-state index contributed by atoms with van der Waals surface area (Å²) >= 11 is 0. The Bertz CT molecular complexity index is 707. The van der Waals surface area contributed by atoms with Gasteiger partial charge in [0.1, 0.15) is 5.75 Å². The minimum atomic E-state index is -0.325. The van der Waals surface area contributed by atoms with E-state index in [1.165, 1.54) is 17.7 Å². The second-order valence-electron chi connectivity index (χ2n) is 4.32. The van der Waals surface area contributed by atoms with Crippen molar-refractivity contribution in [2.45, 2.75) is 0 Å². The SMILES string of the molecule is COc1cc(N)cc(C(=O)Nc2ccc(=O)n(C)c2)c1. The first-order chi connectivity index (χ1) is 9.49. The van der Waals surface area contributed by atoms with Crippen LogP contribution >= 0.6 is 0 Å². The number of pyridine rings is 1. The third kappa shape index (κ3) is 2.97. The van der Waals surface area contributed by atoms with Crippen molar-refractivity contribution in [2.24, 2.45) is 7.05 Å². The van der Waals surface area contributed by atoms with E-state index in [1.807, 2.05) is 0 Å². The van der Waals surface area contributed by atoms with Crippen LogP contribution in [0.25, 0.3) is 0 Å². The largest absolute Gasteiger partial charge is 0.497 e. The van der Waals surface area contributed by atoms with Gasteiger partial charge >= 0.3 is 0 Å². The van der Waals surface area contributed by atoms with Gasteiger partial charge in [0, 0.05) is 36.6 Å². The third-order valence-electron chi connectivity index (χ3n) is 2.77. The van der Waals surface area contributed by atoms with Gasteiger partial charge < -0.3 is 20.4 Å². The minimum Gasteiger partial charge on any atom is -0.497 e. The zero-order valence-corrected chi connectivity index (χ0v) is 11.2. The summed E-state index contributed by atoms with van der Waals surface area (Å²) in [7, 11) is 3.12. The molecule has 0 unspecified atom stereocenters. The Morgan fingerprint density at radius 2 is 2.05 bits per heavy atom. The lowest BCUT2D eigenvalue weighted by atomic mass is 10.1. The first-order valence-electron chi connectivity index (χ1n) is 5.92. The number of carbonyl (C=O) groups excluding carboxylic acids is 1. The van der Waals surface area contributed by atoms with E-state index >= 15 is 0 Å². The number of benzene rings is 1. The van der Waals surface area contributed by atoms with Gasteiger partial charge in [-0.25, -0.2) is 0 Å². The second kappa shape index (κ2) is 5.48. The zero-order chi connectivity index (χ0) is 14.7. The first-order valence-corrected chi connectivity index (χ1v) is 5.92. The maximum atomic E-state index is 12.1. The quantitative estimate of drug-likeness (QED) is 0.823. The van der Waals surface area contributed by atoms with E-state index in [2.05, 4.69) is 5.32 Å². The number of rotatable bonds is 3. The number of anilines is 2. The van der Waals surface area contributed by atoms with E-state index in [9.17, 15) is 9.59 Å². The van der Waals surface area contributed by atoms with Gasteiger partial charge in [0.05, 0.1) is 12.8 Å². The topological polar surface area (TPSA) is 86.3 Å². The van der Waals surface area contributed by atoms with Crippen LogP contribution in [0.1, 0.15) is 10.4 Å². The summed E-state index contributed by atoms with van der Waals surface area (Å²) in [6.45, 7) is 0. The predicted molar refractivity (Wildman–Crippen MR) is 77.0 cm³/mol. The number of hydrogen-bond acceptors (Lipinski definition) is 4. The maximum Gasteiger partial charge on any atom is 0.255 e. The van der Waals surface area contributed by atoms with E-state index in [1.54, 1.807) is 37.5 Å². The number of methoxy groups -OCH3 is 1. The molecule has 3 N–H and O–H groups in total. The number of aromatic nitrogens is 1. The molecule has 0 aliphatic heterocycles. The lowest BCUT2D eigenvalue weighted by Gasteiger charge is -2.08. The number of aryl methyl sites for hydroxylation is 1. The average molecular weight is 273 g/mol. The van der Waals surface area contributed by atoms with Crippen LogP contribution in [0.2, 0.25) is 0 Å². The molecule has 1 amide bonds. The van der Waals surface area contributed by atoms with Crippen molar-refractivity contribution in [1.82, 2.24) is 4.57 Å². The average Bonchev–Trinajstić information content (AvgIpc) is 2.42. The van der Waals surface area contributed by atoms with E-state index in [4.69, 9.17) is 10.5 Å². The van der Waals surface area contributed by atoms with Crippen molar-refractivity contribution in [3.63, 3.8) is 0 Å². The molecule has 0 bridgehead atoms. The first kappa shape index (κ1) is 13.7. The fraction of sp³-hybridized carbons (Fsp3) is 0.143. The molecule has 1 heterocycles. The lowest BCUT2D eigenvalue weighted by Crippen LogP contribution is -2.18. The highest BCUT2D eigenvalue weighted by atomic mass is 16.5. The van der Waals surface area contributed by atoms with E-state index < -0.39 is 0 Å². The highest BCUT2D eigenvalue weighted by Crippen LogP contribution is 2.19. The van der Waals surface area contributed by atoms with Crippen molar-refractivity contribution >= 4 is 17.3 Å². The molecular formula is C14H15N3O3. The molecule has 0 aliphatic carbocycles. The number of hydrogen-bond donors (Lipinski definition) is 2. The van der Waals surface area contributed by atoms with E-state index in [0.717, 1.165) is 0 Å². The highest BCUT2D eigenvalue weighted by Gasteiger charge is 2.09. The third-order valence-corrected chi connectivity index (χ3v) is 2.77. The molecule has 2 aromatic rings. The Labute approximate surface area is 115 Å². The maximum absolute atomic E-state index is 12.1. The van der Waals surface area contributed by atoms with E-state index in [-0.39, 0.29) is 11.5 Å². The van der Waals surface area contributed by atoms with Crippen LogP contribution < -0.4 is 21.3 Å². The summed E-state index contributed by atoms with van der Waals surface area (Å²) in [4.78, 5) is 23.4. The van der Waals surface area contributed by atoms with Crippen molar-refractivity contribution in [3.8, 4) is 5.75 Å². The second-order valence-corrected chi connectivity index (χ2v) is 4.32. The molecule has 20 heavy (non-hydrogen) atoms. The van der Waals surface area contributed by atoms with Crippen LogP contribution in [0.15, 0.2) is 41.3 Å². The number of carbonyl (C=O) groups is 1. The lowest BCUT2D eigenvalue weighted by molar-refractivity contribution is 0.102. The zero-order valence-electron chi connectivity index (χ0n) is 11.2. The fourth-order valence-electron chi connectivity index (χ4n) is 1.74. The number of ether oxygens (including phenoxy) is 1. The molecule has 6 nitrogen and oxygen atoms in total. The Hall–Kier alpha value is -2.76. The van der Waals surface area contributed by atoms with Gasteiger partial charge in [0.2, 0.25) is 5.56 Å². The number of nitrogens with zero attached hydrogens (tertiary/aromatic N) is 1.